The van der Waals surface area contributed by atoms with Crippen LogP contribution in [0.5, 0.6) is 0 Å². The Labute approximate surface area is 189 Å². The van der Waals surface area contributed by atoms with E-state index in [1.165, 1.54) is 23.9 Å². The lowest BCUT2D eigenvalue weighted by atomic mass is 9.84. The number of carbonyl (C=O) groups excluding carboxylic acids is 4. The molecule has 32 heavy (non-hydrogen) atoms. The third-order valence-electron chi connectivity index (χ3n) is 5.01. The van der Waals surface area contributed by atoms with Gasteiger partial charge in [-0.15, -0.1) is 11.8 Å². The molecule has 0 aliphatic heterocycles. The molecule has 0 saturated carbocycles. The van der Waals surface area contributed by atoms with Crippen LogP contribution in [-0.2, 0) is 14.3 Å². The van der Waals surface area contributed by atoms with E-state index in [1.807, 2.05) is 31.2 Å². The summed E-state index contributed by atoms with van der Waals surface area (Å²) >= 11 is 1.35. The van der Waals surface area contributed by atoms with Gasteiger partial charge in [0.25, 0.3) is 5.91 Å². The van der Waals surface area contributed by atoms with E-state index in [9.17, 15) is 19.2 Å². The minimum atomic E-state index is -0.533. The largest absolute Gasteiger partial charge is 0.455 e. The van der Waals surface area contributed by atoms with E-state index in [0.717, 1.165) is 10.5 Å². The highest BCUT2D eigenvalue weighted by atomic mass is 32.2. The van der Waals surface area contributed by atoms with Gasteiger partial charge in [-0.25, -0.2) is 0 Å². The predicted molar refractivity (Wildman–Crippen MR) is 121 cm³/mol. The molecule has 1 N–H and O–H groups in total. The lowest BCUT2D eigenvalue weighted by Crippen LogP contribution is -2.23. The number of ether oxygens (including phenoxy) is 1. The fourth-order valence-electron chi connectivity index (χ4n) is 3.42. The predicted octanol–water partition coefficient (Wildman–Crippen LogP) is 4.04. The number of anilines is 1. The van der Waals surface area contributed by atoms with Crippen molar-refractivity contribution in [3.63, 3.8) is 0 Å². The van der Waals surface area contributed by atoms with Crippen molar-refractivity contribution in [3.05, 3.63) is 94.5 Å². The van der Waals surface area contributed by atoms with E-state index in [1.54, 1.807) is 30.3 Å². The van der Waals surface area contributed by atoms with Gasteiger partial charge in [-0.1, -0.05) is 42.5 Å². The van der Waals surface area contributed by atoms with E-state index in [4.69, 9.17) is 4.74 Å². The lowest BCUT2D eigenvalue weighted by molar-refractivity contribution is -0.144. The lowest BCUT2D eigenvalue weighted by Gasteiger charge is -2.18. The Morgan fingerprint density at radius 3 is 2.19 bits per heavy atom. The molecule has 0 atom stereocenters. The van der Waals surface area contributed by atoms with Gasteiger partial charge in [0, 0.05) is 32.8 Å². The zero-order chi connectivity index (χ0) is 22.7. The molecule has 1 aliphatic carbocycles. The van der Waals surface area contributed by atoms with Gasteiger partial charge in [-0.2, -0.15) is 0 Å². The van der Waals surface area contributed by atoms with Crippen molar-refractivity contribution in [1.29, 1.82) is 0 Å². The van der Waals surface area contributed by atoms with E-state index in [0.29, 0.717) is 22.4 Å². The summed E-state index contributed by atoms with van der Waals surface area (Å²) in [6, 6.07) is 18.9. The number of thioether (sulfide) groups is 1. The van der Waals surface area contributed by atoms with Crippen LogP contribution in [0.1, 0.15) is 37.4 Å². The van der Waals surface area contributed by atoms with Gasteiger partial charge in [0.05, 0.1) is 5.75 Å². The highest BCUT2D eigenvalue weighted by molar-refractivity contribution is 8.00. The molecule has 7 heteroatoms. The van der Waals surface area contributed by atoms with Crippen molar-refractivity contribution in [3.8, 4) is 0 Å². The summed E-state index contributed by atoms with van der Waals surface area (Å²) in [6.07, 6.45) is 0. The normalized spacial score (nSPS) is 12.0. The molecule has 3 aromatic rings. The first-order chi connectivity index (χ1) is 15.4. The molecule has 0 saturated heterocycles. The number of hydrogen-bond donors (Lipinski definition) is 1. The van der Waals surface area contributed by atoms with Crippen molar-refractivity contribution in [2.24, 2.45) is 0 Å². The van der Waals surface area contributed by atoms with Crippen LogP contribution < -0.4 is 5.32 Å². The number of fused-ring (bicyclic) bond motifs is 2. The minimum Gasteiger partial charge on any atom is -0.455 e. The molecule has 0 radical (unpaired) electrons. The van der Waals surface area contributed by atoms with Crippen LogP contribution in [0, 0.1) is 6.92 Å². The number of nitrogens with one attached hydrogen (secondary N) is 1. The molecule has 6 nitrogen and oxygen atoms in total. The molecule has 0 bridgehead atoms. The molecule has 0 heterocycles. The smallest absolute Gasteiger partial charge is 0.316 e. The van der Waals surface area contributed by atoms with Crippen LogP contribution in [0.25, 0.3) is 0 Å². The van der Waals surface area contributed by atoms with Gasteiger partial charge < -0.3 is 10.1 Å². The minimum absolute atomic E-state index is 0.0903. The number of esters is 1. The maximum atomic E-state index is 12.8. The Kier molecular flexibility index (Phi) is 6.18. The Hall–Kier alpha value is -3.71. The first-order valence-corrected chi connectivity index (χ1v) is 10.9. The second-order valence-corrected chi connectivity index (χ2v) is 8.24. The molecule has 0 unspecified atom stereocenters. The third-order valence-corrected chi connectivity index (χ3v) is 6.16. The Bertz CT molecular complexity index is 1250. The molecule has 1 amide bonds. The summed E-state index contributed by atoms with van der Waals surface area (Å²) in [5.74, 6) is -1.45. The molecule has 4 rings (SSSR count). The molecule has 1 aliphatic rings. The van der Waals surface area contributed by atoms with Gasteiger partial charge >= 0.3 is 5.97 Å². The number of benzene rings is 3. The molecule has 0 fully saturated rings. The van der Waals surface area contributed by atoms with Crippen LogP contribution in [-0.4, -0.2) is 35.8 Å². The fraction of sp³-hybridized carbons (Fsp3) is 0.120. The van der Waals surface area contributed by atoms with Crippen LogP contribution in [0.4, 0.5) is 5.69 Å². The average Bonchev–Trinajstić information content (AvgIpc) is 2.80. The quantitative estimate of drug-likeness (QED) is 0.356. The van der Waals surface area contributed by atoms with Crippen molar-refractivity contribution in [2.45, 2.75) is 11.8 Å². The summed E-state index contributed by atoms with van der Waals surface area (Å²) in [5, 5.41) is 2.60. The maximum Gasteiger partial charge on any atom is 0.316 e. The third kappa shape index (κ3) is 4.48. The molecule has 0 aromatic heterocycles. The monoisotopic (exact) mass is 445 g/mol. The van der Waals surface area contributed by atoms with Crippen molar-refractivity contribution in [1.82, 2.24) is 0 Å². The highest BCUT2D eigenvalue weighted by Gasteiger charge is 2.29. The van der Waals surface area contributed by atoms with Crippen LogP contribution >= 0.6 is 11.8 Å². The first-order valence-electron chi connectivity index (χ1n) is 9.90. The number of rotatable bonds is 6. The fourth-order valence-corrected chi connectivity index (χ4v) is 4.24. The summed E-state index contributed by atoms with van der Waals surface area (Å²) in [4.78, 5) is 50.6. The van der Waals surface area contributed by atoms with Gasteiger partial charge in [0.1, 0.15) is 0 Å². The van der Waals surface area contributed by atoms with Crippen molar-refractivity contribution < 1.29 is 23.9 Å². The highest BCUT2D eigenvalue weighted by Crippen LogP contribution is 2.29. The molecule has 0 spiro atoms. The Balaban J connectivity index is 1.35. The van der Waals surface area contributed by atoms with Gasteiger partial charge in [-0.3, -0.25) is 19.2 Å². The Morgan fingerprint density at radius 1 is 0.844 bits per heavy atom. The van der Waals surface area contributed by atoms with Crippen LogP contribution in [0.15, 0.2) is 71.6 Å². The Morgan fingerprint density at radius 2 is 1.47 bits per heavy atom. The zero-order valence-electron chi connectivity index (χ0n) is 17.2. The number of aryl methyl sites for hydroxylation is 1. The van der Waals surface area contributed by atoms with Gasteiger partial charge in [0.15, 0.2) is 18.2 Å². The number of ketones is 2. The van der Waals surface area contributed by atoms with Gasteiger partial charge in [-0.05, 0) is 36.8 Å². The summed E-state index contributed by atoms with van der Waals surface area (Å²) in [7, 11) is 0. The molecule has 3 aromatic carbocycles. The topological polar surface area (TPSA) is 89.5 Å². The first kappa shape index (κ1) is 21.5. The summed E-state index contributed by atoms with van der Waals surface area (Å²) in [6.45, 7) is 1.51. The molecule has 160 valence electrons. The van der Waals surface area contributed by atoms with E-state index < -0.39 is 18.5 Å². The van der Waals surface area contributed by atoms with E-state index in [2.05, 4.69) is 5.32 Å². The SMILES string of the molecule is Cc1ccccc1SCC(=O)OCC(=O)Nc1ccc2c(c1)C(=O)c1ccccc1C2=O. The van der Waals surface area contributed by atoms with Crippen LogP contribution in [0.3, 0.4) is 0 Å². The van der Waals surface area contributed by atoms with Crippen molar-refractivity contribution >= 4 is 40.9 Å². The second-order valence-electron chi connectivity index (χ2n) is 7.23. The van der Waals surface area contributed by atoms with Crippen LogP contribution in [0.2, 0.25) is 0 Å². The van der Waals surface area contributed by atoms with Gasteiger partial charge in [0.2, 0.25) is 0 Å². The summed E-state index contributed by atoms with van der Waals surface area (Å²) in [5.41, 5.74) is 2.65. The second kappa shape index (κ2) is 9.20. The number of amides is 1. The van der Waals surface area contributed by atoms with E-state index in [-0.39, 0.29) is 22.9 Å². The average molecular weight is 445 g/mol. The summed E-state index contributed by atoms with van der Waals surface area (Å²) < 4.78 is 5.04. The number of carbonyl (C=O) groups is 4. The van der Waals surface area contributed by atoms with Crippen molar-refractivity contribution in [2.75, 3.05) is 17.7 Å². The molecular formula is C25H19NO5S. The molecular weight excluding hydrogens is 426 g/mol. The number of hydrogen-bond acceptors (Lipinski definition) is 6. The zero-order valence-corrected chi connectivity index (χ0v) is 18.0. The maximum absolute atomic E-state index is 12.8. The van der Waals surface area contributed by atoms with E-state index >= 15 is 0 Å². The standard InChI is InChI=1S/C25H19NO5S/c1-15-6-2-5-9-21(15)32-14-23(28)31-13-22(27)26-16-10-11-19-20(12-16)25(30)18-8-4-3-7-17(18)24(19)29/h2-12H,13-14H2,1H3,(H,26,27).